The second-order valence-electron chi connectivity index (χ2n) is 9.82. The molecule has 0 radical (unpaired) electrons. The number of aromatic nitrogens is 3. The second kappa shape index (κ2) is 9.12. The van der Waals surface area contributed by atoms with Crippen LogP contribution in [-0.2, 0) is 12.0 Å². The summed E-state index contributed by atoms with van der Waals surface area (Å²) in [6.45, 7) is 2.09. The smallest absolute Gasteiger partial charge is 0.253 e. The molecule has 0 fully saturated rings. The average molecular weight is 533 g/mol. The summed E-state index contributed by atoms with van der Waals surface area (Å²) in [5.74, 6) is -0.762. The van der Waals surface area contributed by atoms with Gasteiger partial charge in [-0.1, -0.05) is 52.5 Å². The Bertz CT molecular complexity index is 1560. The zero-order valence-electron chi connectivity index (χ0n) is 20.1. The van der Waals surface area contributed by atoms with E-state index in [9.17, 15) is 9.18 Å². The summed E-state index contributed by atoms with van der Waals surface area (Å²) in [7, 11) is 0. The molecule has 1 unspecified atom stereocenters. The van der Waals surface area contributed by atoms with Crippen LogP contribution >= 0.6 is 23.2 Å². The van der Waals surface area contributed by atoms with Gasteiger partial charge < -0.3 is 5.32 Å². The van der Waals surface area contributed by atoms with Gasteiger partial charge in [0.25, 0.3) is 5.91 Å². The van der Waals surface area contributed by atoms with Crippen molar-refractivity contribution in [1.29, 1.82) is 0 Å². The van der Waals surface area contributed by atoms with Gasteiger partial charge in [-0.05, 0) is 84.8 Å². The zero-order chi connectivity index (χ0) is 25.7. The van der Waals surface area contributed by atoms with E-state index in [1.807, 2.05) is 0 Å². The third-order valence-electron chi connectivity index (χ3n) is 7.43. The van der Waals surface area contributed by atoms with Crippen molar-refractivity contribution >= 4 is 34.7 Å². The van der Waals surface area contributed by atoms with Gasteiger partial charge in [-0.3, -0.25) is 9.36 Å². The van der Waals surface area contributed by atoms with E-state index in [1.165, 1.54) is 40.0 Å². The maximum absolute atomic E-state index is 14.6. The highest BCUT2D eigenvalue weighted by Gasteiger charge is 2.41. The summed E-state index contributed by atoms with van der Waals surface area (Å²) in [4.78, 5) is 13.7. The van der Waals surface area contributed by atoms with Gasteiger partial charge >= 0.3 is 0 Å². The fourth-order valence-corrected chi connectivity index (χ4v) is 6.11. The molecule has 0 saturated carbocycles. The average Bonchev–Trinajstić information content (AvgIpc) is 3.51. The van der Waals surface area contributed by atoms with Crippen molar-refractivity contribution in [3.8, 4) is 5.69 Å². The molecule has 1 atom stereocenters. The topological polar surface area (TPSA) is 59.8 Å². The van der Waals surface area contributed by atoms with Crippen LogP contribution < -0.4 is 5.32 Å². The maximum Gasteiger partial charge on any atom is 0.253 e. The number of benzene rings is 3. The fourth-order valence-electron chi connectivity index (χ4n) is 5.63. The Balaban J connectivity index is 1.39. The number of carbonyl (C=O) groups excluding carboxylic acids is 1. The zero-order valence-corrected chi connectivity index (χ0v) is 21.6. The maximum atomic E-state index is 14.6. The summed E-state index contributed by atoms with van der Waals surface area (Å²) in [6, 6.07) is 16.2. The third kappa shape index (κ3) is 4.34. The lowest BCUT2D eigenvalue weighted by Gasteiger charge is -2.40. The van der Waals surface area contributed by atoms with Gasteiger partial charge in [-0.15, -0.1) is 10.2 Å². The van der Waals surface area contributed by atoms with Gasteiger partial charge in [0, 0.05) is 17.1 Å². The number of fused-ring (bicyclic) bond motifs is 2. The van der Waals surface area contributed by atoms with Crippen LogP contribution in [0.5, 0.6) is 0 Å². The molecular formula is C29H23Cl2FN4O. The van der Waals surface area contributed by atoms with Gasteiger partial charge in [0.05, 0.1) is 16.1 Å². The number of rotatable bonds is 4. The molecule has 2 aliphatic rings. The molecule has 1 amide bonds. The highest BCUT2D eigenvalue weighted by Crippen LogP contribution is 2.49. The lowest BCUT2D eigenvalue weighted by molar-refractivity contribution is 0.0889. The molecule has 6 rings (SSSR count). The molecule has 37 heavy (non-hydrogen) atoms. The predicted octanol–water partition coefficient (Wildman–Crippen LogP) is 6.84. The molecule has 186 valence electrons. The highest BCUT2D eigenvalue weighted by atomic mass is 35.5. The van der Waals surface area contributed by atoms with Gasteiger partial charge in [0.2, 0.25) is 0 Å². The molecule has 1 aromatic heterocycles. The van der Waals surface area contributed by atoms with Crippen LogP contribution in [0.1, 0.15) is 51.9 Å². The SMILES string of the molecule is Cc1ccc2c(c1)CC1=C2CC(NC(=O)c2ccc(-n3cnnc3)cc2Cl)(c2cc(F)cc(Cl)c2)CC1. The van der Waals surface area contributed by atoms with E-state index >= 15 is 0 Å². The first-order chi connectivity index (χ1) is 17.8. The summed E-state index contributed by atoms with van der Waals surface area (Å²) in [5.41, 5.74) is 7.21. The number of hydrogen-bond donors (Lipinski definition) is 1. The van der Waals surface area contributed by atoms with Crippen LogP contribution in [0.3, 0.4) is 0 Å². The molecule has 0 saturated heterocycles. The molecule has 0 spiro atoms. The largest absolute Gasteiger partial charge is 0.342 e. The third-order valence-corrected chi connectivity index (χ3v) is 7.96. The number of aryl methyl sites for hydroxylation is 1. The number of amides is 1. The van der Waals surface area contributed by atoms with Crippen LogP contribution in [0, 0.1) is 12.7 Å². The summed E-state index contributed by atoms with van der Waals surface area (Å²) < 4.78 is 16.3. The van der Waals surface area contributed by atoms with Crippen molar-refractivity contribution in [3.05, 3.63) is 117 Å². The van der Waals surface area contributed by atoms with E-state index in [4.69, 9.17) is 23.2 Å². The van der Waals surface area contributed by atoms with E-state index < -0.39 is 11.4 Å². The molecule has 2 aliphatic carbocycles. The minimum absolute atomic E-state index is 0.294. The minimum Gasteiger partial charge on any atom is -0.342 e. The number of hydrogen-bond acceptors (Lipinski definition) is 3. The lowest BCUT2D eigenvalue weighted by Crippen LogP contribution is -2.47. The monoisotopic (exact) mass is 532 g/mol. The molecule has 4 aromatic rings. The van der Waals surface area contributed by atoms with Crippen LogP contribution in [-0.4, -0.2) is 20.7 Å². The van der Waals surface area contributed by atoms with E-state index in [1.54, 1.807) is 41.5 Å². The first-order valence-electron chi connectivity index (χ1n) is 12.1. The van der Waals surface area contributed by atoms with Crippen LogP contribution in [0.15, 0.2) is 72.8 Å². The van der Waals surface area contributed by atoms with E-state index in [0.717, 1.165) is 18.5 Å². The normalized spacial score (nSPS) is 18.5. The molecule has 1 heterocycles. The van der Waals surface area contributed by atoms with Crippen molar-refractivity contribution in [2.45, 2.75) is 38.1 Å². The van der Waals surface area contributed by atoms with Crippen LogP contribution in [0.25, 0.3) is 11.3 Å². The Labute approximate surface area is 223 Å². The summed E-state index contributed by atoms with van der Waals surface area (Å²) >= 11 is 12.9. The molecule has 0 bridgehead atoms. The van der Waals surface area contributed by atoms with E-state index in [-0.39, 0.29) is 5.91 Å². The quantitative estimate of drug-likeness (QED) is 0.313. The van der Waals surface area contributed by atoms with Gasteiger partial charge in [-0.25, -0.2) is 4.39 Å². The summed E-state index contributed by atoms with van der Waals surface area (Å²) in [6.07, 6.45) is 5.99. The van der Waals surface area contributed by atoms with E-state index in [2.05, 4.69) is 40.6 Å². The van der Waals surface area contributed by atoms with Crippen molar-refractivity contribution in [2.75, 3.05) is 0 Å². The van der Waals surface area contributed by atoms with Gasteiger partial charge in [0.15, 0.2) is 0 Å². The number of nitrogens with one attached hydrogen (secondary N) is 1. The van der Waals surface area contributed by atoms with Crippen LogP contribution in [0.4, 0.5) is 4.39 Å². The lowest BCUT2D eigenvalue weighted by atomic mass is 9.73. The first-order valence-corrected chi connectivity index (χ1v) is 12.8. The molecular weight excluding hydrogens is 510 g/mol. The number of carbonyl (C=O) groups is 1. The Morgan fingerprint density at radius 1 is 1.05 bits per heavy atom. The number of allylic oxidation sites excluding steroid dienone is 1. The molecule has 8 heteroatoms. The molecule has 1 N–H and O–H groups in total. The van der Waals surface area contributed by atoms with Crippen molar-refractivity contribution in [2.24, 2.45) is 0 Å². The van der Waals surface area contributed by atoms with Crippen molar-refractivity contribution in [3.63, 3.8) is 0 Å². The standard InChI is InChI=1S/C29H23Cl2FN4O/c1-17-2-4-24-19(8-17)9-18-6-7-29(14-26(18)24,20-10-21(30)12-22(32)11-20)35-28(37)25-5-3-23(13-27(25)31)36-15-33-34-16-36/h2-5,8,10-13,15-16H,6-7,9,14H2,1H3,(H,35,37). The number of nitrogens with zero attached hydrogens (tertiary/aromatic N) is 3. The fraction of sp³-hybridized carbons (Fsp3) is 0.207. The minimum atomic E-state index is -0.843. The van der Waals surface area contributed by atoms with E-state index in [0.29, 0.717) is 34.0 Å². The Hall–Kier alpha value is -3.48. The summed E-state index contributed by atoms with van der Waals surface area (Å²) in [5, 5.41) is 11.5. The Morgan fingerprint density at radius 2 is 1.86 bits per heavy atom. The van der Waals surface area contributed by atoms with Crippen molar-refractivity contribution in [1.82, 2.24) is 20.1 Å². The molecule has 3 aromatic carbocycles. The predicted molar refractivity (Wildman–Crippen MR) is 143 cm³/mol. The molecule has 0 aliphatic heterocycles. The Kier molecular flexibility index (Phi) is 5.89. The number of halogens is 3. The molecule has 5 nitrogen and oxygen atoms in total. The highest BCUT2D eigenvalue weighted by molar-refractivity contribution is 6.34. The first kappa shape index (κ1) is 23.9. The van der Waals surface area contributed by atoms with Gasteiger partial charge in [0.1, 0.15) is 18.5 Å². The Morgan fingerprint density at radius 3 is 2.62 bits per heavy atom. The van der Waals surface area contributed by atoms with Crippen LogP contribution in [0.2, 0.25) is 10.0 Å². The van der Waals surface area contributed by atoms with Crippen molar-refractivity contribution < 1.29 is 9.18 Å². The second-order valence-corrected chi connectivity index (χ2v) is 10.7. The van der Waals surface area contributed by atoms with Gasteiger partial charge in [-0.2, -0.15) is 0 Å².